The SMILES string of the molecule is C=CCc1ccc(CBr)c(CBr)c1. The van der Waals surface area contributed by atoms with Gasteiger partial charge in [-0.3, -0.25) is 0 Å². The third kappa shape index (κ3) is 2.96. The molecule has 1 aromatic rings. The molecule has 0 saturated carbocycles. The third-order valence-electron chi connectivity index (χ3n) is 1.94. The van der Waals surface area contributed by atoms with Gasteiger partial charge in [0.25, 0.3) is 0 Å². The maximum Gasteiger partial charge on any atom is 0.0286 e. The van der Waals surface area contributed by atoms with Crippen molar-refractivity contribution in [2.75, 3.05) is 0 Å². The smallest absolute Gasteiger partial charge is 0.0286 e. The topological polar surface area (TPSA) is 0 Å². The summed E-state index contributed by atoms with van der Waals surface area (Å²) in [6.07, 6.45) is 2.88. The summed E-state index contributed by atoms with van der Waals surface area (Å²) in [6, 6.07) is 6.56. The van der Waals surface area contributed by atoms with Crippen LogP contribution in [0.5, 0.6) is 0 Å². The lowest BCUT2D eigenvalue weighted by Gasteiger charge is -2.06. The Morgan fingerprint density at radius 1 is 1.15 bits per heavy atom. The fourth-order valence-electron chi connectivity index (χ4n) is 1.23. The van der Waals surface area contributed by atoms with Gasteiger partial charge in [0.15, 0.2) is 0 Å². The van der Waals surface area contributed by atoms with Crippen molar-refractivity contribution < 1.29 is 0 Å². The summed E-state index contributed by atoms with van der Waals surface area (Å²) in [5.41, 5.74) is 4.04. The molecule has 0 nitrogen and oxygen atoms in total. The molecule has 0 amide bonds. The molecule has 0 bridgehead atoms. The predicted molar refractivity (Wildman–Crippen MR) is 65.6 cm³/mol. The van der Waals surface area contributed by atoms with E-state index in [0.29, 0.717) is 0 Å². The second kappa shape index (κ2) is 5.61. The number of hydrogen-bond acceptors (Lipinski definition) is 0. The van der Waals surface area contributed by atoms with Crippen molar-refractivity contribution in [3.8, 4) is 0 Å². The number of allylic oxidation sites excluding steroid dienone is 1. The maximum absolute atomic E-state index is 3.73. The Kier molecular flexibility index (Phi) is 4.74. The average Bonchev–Trinajstić information content (AvgIpc) is 2.18. The summed E-state index contributed by atoms with van der Waals surface area (Å²) < 4.78 is 0. The Labute approximate surface area is 96.3 Å². The quantitative estimate of drug-likeness (QED) is 0.577. The molecule has 0 aliphatic heterocycles. The summed E-state index contributed by atoms with van der Waals surface area (Å²) in [4.78, 5) is 0. The normalized spacial score (nSPS) is 10.0. The highest BCUT2D eigenvalue weighted by Crippen LogP contribution is 2.18. The van der Waals surface area contributed by atoms with Crippen LogP contribution in [0, 0.1) is 0 Å². The molecule has 0 aliphatic carbocycles. The molecule has 70 valence electrons. The molecule has 13 heavy (non-hydrogen) atoms. The minimum absolute atomic E-state index is 0.916. The van der Waals surface area contributed by atoms with E-state index in [1.165, 1.54) is 16.7 Å². The highest BCUT2D eigenvalue weighted by Gasteiger charge is 2.00. The molecule has 0 atom stereocenters. The third-order valence-corrected chi connectivity index (χ3v) is 3.15. The van der Waals surface area contributed by atoms with Gasteiger partial charge in [-0.2, -0.15) is 0 Å². The molecule has 1 rings (SSSR count). The van der Waals surface area contributed by atoms with Gasteiger partial charge < -0.3 is 0 Å². The van der Waals surface area contributed by atoms with Crippen LogP contribution in [-0.2, 0) is 17.1 Å². The molecular weight excluding hydrogens is 292 g/mol. The van der Waals surface area contributed by atoms with Crippen molar-refractivity contribution in [2.24, 2.45) is 0 Å². The number of rotatable bonds is 4. The van der Waals surface area contributed by atoms with Crippen LogP contribution in [0.15, 0.2) is 30.9 Å². The zero-order valence-corrected chi connectivity index (χ0v) is 10.6. The molecule has 1 aromatic carbocycles. The molecule has 0 unspecified atom stereocenters. The van der Waals surface area contributed by atoms with E-state index in [0.717, 1.165) is 17.1 Å². The first-order valence-electron chi connectivity index (χ1n) is 4.15. The van der Waals surface area contributed by atoms with Crippen LogP contribution in [0.25, 0.3) is 0 Å². The van der Waals surface area contributed by atoms with E-state index >= 15 is 0 Å². The Bertz CT molecular complexity index is 292. The fraction of sp³-hybridized carbons (Fsp3) is 0.273. The van der Waals surface area contributed by atoms with Crippen LogP contribution < -0.4 is 0 Å². The average molecular weight is 304 g/mol. The van der Waals surface area contributed by atoms with E-state index < -0.39 is 0 Å². The van der Waals surface area contributed by atoms with E-state index in [2.05, 4.69) is 56.6 Å². The largest absolute Gasteiger partial charge is 0.103 e. The predicted octanol–water partition coefficient (Wildman–Crippen LogP) is 4.20. The van der Waals surface area contributed by atoms with Gasteiger partial charge in [0.2, 0.25) is 0 Å². The van der Waals surface area contributed by atoms with Gasteiger partial charge in [0.05, 0.1) is 0 Å². The zero-order chi connectivity index (χ0) is 9.68. The number of hydrogen-bond donors (Lipinski definition) is 0. The lowest BCUT2D eigenvalue weighted by molar-refractivity contribution is 1.21. The number of halogens is 2. The lowest BCUT2D eigenvalue weighted by atomic mass is 10.0. The van der Waals surface area contributed by atoms with Crippen molar-refractivity contribution in [3.63, 3.8) is 0 Å². The van der Waals surface area contributed by atoms with Gasteiger partial charge in [-0.05, 0) is 23.1 Å². The summed E-state index contributed by atoms with van der Waals surface area (Å²) in [6.45, 7) is 3.73. The highest BCUT2D eigenvalue weighted by atomic mass is 79.9. The van der Waals surface area contributed by atoms with E-state index in [1.54, 1.807) is 0 Å². The lowest BCUT2D eigenvalue weighted by Crippen LogP contribution is -1.90. The van der Waals surface area contributed by atoms with Crippen molar-refractivity contribution in [3.05, 3.63) is 47.5 Å². The van der Waals surface area contributed by atoms with Gasteiger partial charge in [-0.15, -0.1) is 6.58 Å². The number of benzene rings is 1. The molecule has 0 aromatic heterocycles. The van der Waals surface area contributed by atoms with Gasteiger partial charge in [0.1, 0.15) is 0 Å². The molecule has 0 aliphatic rings. The van der Waals surface area contributed by atoms with Crippen LogP contribution in [0.2, 0.25) is 0 Å². The fourth-order valence-corrected chi connectivity index (χ4v) is 2.30. The van der Waals surface area contributed by atoms with Crippen molar-refractivity contribution in [1.82, 2.24) is 0 Å². The van der Waals surface area contributed by atoms with Crippen LogP contribution in [0.4, 0.5) is 0 Å². The Morgan fingerprint density at radius 2 is 1.85 bits per heavy atom. The second-order valence-corrected chi connectivity index (χ2v) is 3.98. The summed E-state index contributed by atoms with van der Waals surface area (Å²) in [5, 5.41) is 1.83. The summed E-state index contributed by atoms with van der Waals surface area (Å²) >= 11 is 6.96. The summed E-state index contributed by atoms with van der Waals surface area (Å²) in [5.74, 6) is 0. The van der Waals surface area contributed by atoms with Crippen LogP contribution in [0.1, 0.15) is 16.7 Å². The molecule has 2 heteroatoms. The molecule has 0 spiro atoms. The molecule has 0 heterocycles. The van der Waals surface area contributed by atoms with Crippen molar-refractivity contribution in [2.45, 2.75) is 17.1 Å². The monoisotopic (exact) mass is 302 g/mol. The van der Waals surface area contributed by atoms with Gasteiger partial charge in [0, 0.05) is 10.7 Å². The van der Waals surface area contributed by atoms with E-state index in [1.807, 2.05) is 6.08 Å². The van der Waals surface area contributed by atoms with E-state index in [-0.39, 0.29) is 0 Å². The van der Waals surface area contributed by atoms with Crippen LogP contribution >= 0.6 is 31.9 Å². The minimum atomic E-state index is 0.916. The standard InChI is InChI=1S/C11H12Br2/c1-2-3-9-4-5-10(7-12)11(6-9)8-13/h2,4-6H,1,3,7-8H2. The maximum atomic E-state index is 3.73. The van der Waals surface area contributed by atoms with Crippen LogP contribution in [-0.4, -0.2) is 0 Å². The first-order valence-corrected chi connectivity index (χ1v) is 6.39. The molecule has 0 fully saturated rings. The molecule has 0 N–H and O–H groups in total. The molecule has 0 saturated heterocycles. The van der Waals surface area contributed by atoms with Crippen molar-refractivity contribution in [1.29, 1.82) is 0 Å². The second-order valence-electron chi connectivity index (χ2n) is 2.86. The van der Waals surface area contributed by atoms with E-state index in [9.17, 15) is 0 Å². The zero-order valence-electron chi connectivity index (χ0n) is 7.39. The van der Waals surface area contributed by atoms with E-state index in [4.69, 9.17) is 0 Å². The highest BCUT2D eigenvalue weighted by molar-refractivity contribution is 9.09. The first-order chi connectivity index (χ1) is 6.31. The van der Waals surface area contributed by atoms with Gasteiger partial charge >= 0.3 is 0 Å². The molecule has 0 radical (unpaired) electrons. The van der Waals surface area contributed by atoms with Gasteiger partial charge in [-0.25, -0.2) is 0 Å². The number of alkyl halides is 2. The Balaban J connectivity index is 2.98. The van der Waals surface area contributed by atoms with Crippen molar-refractivity contribution >= 4 is 31.9 Å². The molecular formula is C11H12Br2. The van der Waals surface area contributed by atoms with Crippen LogP contribution in [0.3, 0.4) is 0 Å². The summed E-state index contributed by atoms with van der Waals surface area (Å²) in [7, 11) is 0. The van der Waals surface area contributed by atoms with Gasteiger partial charge in [-0.1, -0.05) is 56.1 Å². The minimum Gasteiger partial charge on any atom is -0.103 e. The first kappa shape index (κ1) is 11.0. The Hall–Kier alpha value is -0.0800. The Morgan fingerprint density at radius 3 is 2.38 bits per heavy atom.